The quantitative estimate of drug-likeness (QED) is 0.626. The zero-order chi connectivity index (χ0) is 7.84. The van der Waals surface area contributed by atoms with Crippen molar-refractivity contribution >= 4 is 17.6 Å². The van der Waals surface area contributed by atoms with E-state index in [1.807, 2.05) is 6.92 Å². The highest BCUT2D eigenvalue weighted by Gasteiger charge is 2.16. The van der Waals surface area contributed by atoms with Crippen LogP contribution in [0.3, 0.4) is 0 Å². The lowest BCUT2D eigenvalue weighted by Gasteiger charge is -2.01. The van der Waals surface area contributed by atoms with Crippen molar-refractivity contribution in [3.63, 3.8) is 0 Å². The fourth-order valence-electron chi connectivity index (χ4n) is 1.22. The van der Waals surface area contributed by atoms with Gasteiger partial charge in [-0.15, -0.1) is 11.8 Å². The van der Waals surface area contributed by atoms with Gasteiger partial charge >= 0.3 is 0 Å². The molecule has 0 aliphatic carbocycles. The van der Waals surface area contributed by atoms with Crippen LogP contribution in [0.15, 0.2) is 4.90 Å². The van der Waals surface area contributed by atoms with Crippen LogP contribution in [0.1, 0.15) is 11.5 Å². The van der Waals surface area contributed by atoms with Crippen LogP contribution in [0.25, 0.3) is 0 Å². The van der Waals surface area contributed by atoms with Gasteiger partial charge < -0.3 is 5.73 Å². The van der Waals surface area contributed by atoms with Crippen LogP contribution >= 0.6 is 11.8 Å². The van der Waals surface area contributed by atoms with Gasteiger partial charge in [0.05, 0.1) is 10.6 Å². The molecule has 0 saturated heterocycles. The molecule has 0 unspecified atom stereocenters. The third-order valence-corrected chi connectivity index (χ3v) is 2.80. The fourth-order valence-corrected chi connectivity index (χ4v) is 2.23. The van der Waals surface area contributed by atoms with E-state index in [4.69, 9.17) is 5.73 Å². The summed E-state index contributed by atoms with van der Waals surface area (Å²) in [7, 11) is 0. The second kappa shape index (κ2) is 2.37. The van der Waals surface area contributed by atoms with Gasteiger partial charge in [-0.05, 0) is 6.92 Å². The monoisotopic (exact) mass is 167 g/mol. The van der Waals surface area contributed by atoms with E-state index in [1.54, 1.807) is 11.8 Å². The first-order valence-electron chi connectivity index (χ1n) is 3.53. The predicted octanol–water partition coefficient (Wildman–Crippen LogP) is 1.02. The second-order valence-corrected chi connectivity index (χ2v) is 3.64. The molecule has 0 amide bonds. The number of fused-ring (bicyclic) bond motifs is 1. The number of nitrogens with two attached hydrogens (primary N) is 1. The summed E-state index contributed by atoms with van der Waals surface area (Å²) in [6.07, 6.45) is 1.04. The highest BCUT2D eigenvalue weighted by molar-refractivity contribution is 7.99. The van der Waals surface area contributed by atoms with Crippen LogP contribution in [0.4, 0.5) is 5.82 Å². The standard InChI is InChI=1S/C7H9N3S/c1-4-9-5-2-3-11-6(5)7(8)10-4/h2-3H2,1H3,(H2,8,9,10). The molecule has 11 heavy (non-hydrogen) atoms. The summed E-state index contributed by atoms with van der Waals surface area (Å²) in [6.45, 7) is 1.87. The normalized spacial score (nSPS) is 15.0. The number of nitrogen functional groups attached to an aromatic ring is 1. The number of thioether (sulfide) groups is 1. The molecule has 0 fully saturated rings. The van der Waals surface area contributed by atoms with Crippen molar-refractivity contribution in [2.45, 2.75) is 18.2 Å². The van der Waals surface area contributed by atoms with Crippen molar-refractivity contribution < 1.29 is 0 Å². The molecular weight excluding hydrogens is 158 g/mol. The summed E-state index contributed by atoms with van der Waals surface area (Å²) >= 11 is 1.75. The molecule has 2 heterocycles. The van der Waals surface area contributed by atoms with Crippen molar-refractivity contribution in [2.75, 3.05) is 11.5 Å². The molecule has 0 radical (unpaired) electrons. The molecule has 0 aromatic carbocycles. The van der Waals surface area contributed by atoms with Gasteiger partial charge in [-0.2, -0.15) is 0 Å². The average Bonchev–Trinajstić information content (AvgIpc) is 2.34. The maximum Gasteiger partial charge on any atom is 0.141 e. The first-order valence-corrected chi connectivity index (χ1v) is 4.52. The summed E-state index contributed by atoms with van der Waals surface area (Å²) in [5.74, 6) is 2.52. The van der Waals surface area contributed by atoms with Gasteiger partial charge in [0.1, 0.15) is 11.6 Å². The maximum absolute atomic E-state index is 5.70. The van der Waals surface area contributed by atoms with Gasteiger partial charge in [-0.25, -0.2) is 9.97 Å². The van der Waals surface area contributed by atoms with Gasteiger partial charge in [-0.3, -0.25) is 0 Å². The van der Waals surface area contributed by atoms with E-state index in [0.717, 1.165) is 28.6 Å². The maximum atomic E-state index is 5.70. The Kier molecular flexibility index (Phi) is 1.49. The number of anilines is 1. The minimum atomic E-state index is 0.648. The van der Waals surface area contributed by atoms with E-state index in [2.05, 4.69) is 9.97 Å². The first kappa shape index (κ1) is 6.91. The molecule has 0 bridgehead atoms. The third-order valence-electron chi connectivity index (χ3n) is 1.66. The van der Waals surface area contributed by atoms with E-state index in [0.29, 0.717) is 5.82 Å². The lowest BCUT2D eigenvalue weighted by Crippen LogP contribution is -2.00. The zero-order valence-electron chi connectivity index (χ0n) is 6.29. The molecule has 3 nitrogen and oxygen atoms in total. The highest BCUT2D eigenvalue weighted by atomic mass is 32.2. The Morgan fingerprint density at radius 3 is 3.09 bits per heavy atom. The van der Waals surface area contributed by atoms with Crippen LogP contribution < -0.4 is 5.73 Å². The van der Waals surface area contributed by atoms with Gasteiger partial charge in [-0.1, -0.05) is 0 Å². The molecule has 0 spiro atoms. The SMILES string of the molecule is Cc1nc(N)c2c(n1)CCS2. The van der Waals surface area contributed by atoms with Crippen LogP contribution in [-0.4, -0.2) is 15.7 Å². The van der Waals surface area contributed by atoms with Crippen molar-refractivity contribution in [1.29, 1.82) is 0 Å². The molecule has 58 valence electrons. The Morgan fingerprint density at radius 2 is 2.27 bits per heavy atom. The van der Waals surface area contributed by atoms with Gasteiger partial charge in [0.2, 0.25) is 0 Å². The van der Waals surface area contributed by atoms with E-state index in [9.17, 15) is 0 Å². The predicted molar refractivity (Wildman–Crippen MR) is 45.6 cm³/mol. The Morgan fingerprint density at radius 1 is 1.45 bits per heavy atom. The van der Waals surface area contributed by atoms with Crippen LogP contribution in [-0.2, 0) is 6.42 Å². The number of aryl methyl sites for hydroxylation is 2. The number of hydrogen-bond acceptors (Lipinski definition) is 4. The van der Waals surface area contributed by atoms with Crippen LogP contribution in [0.5, 0.6) is 0 Å². The molecule has 1 aromatic heterocycles. The average molecular weight is 167 g/mol. The van der Waals surface area contributed by atoms with Gasteiger partial charge in [0, 0.05) is 12.2 Å². The molecule has 1 aliphatic heterocycles. The summed E-state index contributed by atoms with van der Waals surface area (Å²) in [5, 5.41) is 0. The fraction of sp³-hybridized carbons (Fsp3) is 0.429. The lowest BCUT2D eigenvalue weighted by atomic mass is 10.3. The summed E-state index contributed by atoms with van der Waals surface area (Å²) in [6, 6.07) is 0. The molecular formula is C7H9N3S. The molecule has 2 rings (SSSR count). The Balaban J connectivity index is 2.60. The van der Waals surface area contributed by atoms with E-state index < -0.39 is 0 Å². The lowest BCUT2D eigenvalue weighted by molar-refractivity contribution is 0.934. The smallest absolute Gasteiger partial charge is 0.141 e. The van der Waals surface area contributed by atoms with E-state index >= 15 is 0 Å². The molecule has 0 saturated carbocycles. The Bertz CT molecular complexity index is 298. The Hall–Kier alpha value is -0.770. The minimum Gasteiger partial charge on any atom is -0.383 e. The summed E-state index contributed by atoms with van der Waals surface area (Å²) in [4.78, 5) is 9.49. The molecule has 1 aliphatic rings. The van der Waals surface area contributed by atoms with Crippen molar-refractivity contribution in [3.8, 4) is 0 Å². The largest absolute Gasteiger partial charge is 0.383 e. The van der Waals surface area contributed by atoms with Crippen LogP contribution in [0, 0.1) is 6.92 Å². The summed E-state index contributed by atoms with van der Waals surface area (Å²) in [5.41, 5.74) is 6.83. The van der Waals surface area contributed by atoms with E-state index in [-0.39, 0.29) is 0 Å². The number of aromatic nitrogens is 2. The van der Waals surface area contributed by atoms with Crippen molar-refractivity contribution in [1.82, 2.24) is 9.97 Å². The molecule has 0 atom stereocenters. The van der Waals surface area contributed by atoms with Gasteiger partial charge in [0.15, 0.2) is 0 Å². The zero-order valence-corrected chi connectivity index (χ0v) is 7.11. The third kappa shape index (κ3) is 1.07. The number of rotatable bonds is 0. The number of hydrogen-bond donors (Lipinski definition) is 1. The summed E-state index contributed by atoms with van der Waals surface area (Å²) < 4.78 is 0. The van der Waals surface area contributed by atoms with Crippen molar-refractivity contribution in [2.24, 2.45) is 0 Å². The molecule has 1 aromatic rings. The first-order chi connectivity index (χ1) is 5.27. The molecule has 4 heteroatoms. The molecule has 2 N–H and O–H groups in total. The second-order valence-electron chi connectivity index (χ2n) is 2.53. The van der Waals surface area contributed by atoms with Crippen molar-refractivity contribution in [3.05, 3.63) is 11.5 Å². The minimum absolute atomic E-state index is 0.648. The van der Waals surface area contributed by atoms with E-state index in [1.165, 1.54) is 0 Å². The Labute approximate surface area is 69.4 Å². The van der Waals surface area contributed by atoms with Gasteiger partial charge in [0.25, 0.3) is 0 Å². The number of nitrogens with zero attached hydrogens (tertiary/aromatic N) is 2. The topological polar surface area (TPSA) is 51.8 Å². The highest BCUT2D eigenvalue weighted by Crippen LogP contribution is 2.33. The van der Waals surface area contributed by atoms with Crippen LogP contribution in [0.2, 0.25) is 0 Å².